The molecule has 2 heterocycles. The molecule has 1 N–H and O–H groups in total. The molecule has 0 bridgehead atoms. The molecule has 2 aliphatic heterocycles. The van der Waals surface area contributed by atoms with Crippen molar-refractivity contribution in [2.75, 3.05) is 26.2 Å². The summed E-state index contributed by atoms with van der Waals surface area (Å²) in [4.78, 5) is 39.5. The summed E-state index contributed by atoms with van der Waals surface area (Å²) in [6.45, 7) is 1.61. The molecule has 0 aromatic heterocycles. The van der Waals surface area contributed by atoms with Crippen molar-refractivity contribution in [2.24, 2.45) is 11.3 Å². The highest BCUT2D eigenvalue weighted by Gasteiger charge is 2.55. The molecule has 0 aromatic carbocycles. The van der Waals surface area contributed by atoms with Crippen LogP contribution in [0.25, 0.3) is 0 Å². The monoisotopic (exact) mass is 308 g/mol. The molecular weight excluding hydrogens is 284 g/mol. The van der Waals surface area contributed by atoms with Crippen molar-refractivity contribution < 1.29 is 19.5 Å². The van der Waals surface area contributed by atoms with Gasteiger partial charge in [0.25, 0.3) is 0 Å². The zero-order valence-electron chi connectivity index (χ0n) is 12.9. The number of hydrogen-bond donors (Lipinski definition) is 1. The quantitative estimate of drug-likeness (QED) is 0.847. The largest absolute Gasteiger partial charge is 0.481 e. The van der Waals surface area contributed by atoms with E-state index in [4.69, 9.17) is 0 Å². The maximum absolute atomic E-state index is 12.5. The maximum Gasteiger partial charge on any atom is 0.311 e. The average molecular weight is 308 g/mol. The SMILES string of the molecule is O=C1CCCCCN1CC(=O)N1C[C@@H]2CCC[C@@]2(C(=O)O)C1. The Morgan fingerprint density at radius 3 is 2.77 bits per heavy atom. The summed E-state index contributed by atoms with van der Waals surface area (Å²) in [6, 6.07) is 0. The lowest BCUT2D eigenvalue weighted by atomic mass is 9.81. The zero-order valence-corrected chi connectivity index (χ0v) is 12.9. The molecule has 2 amide bonds. The Balaban J connectivity index is 1.64. The van der Waals surface area contributed by atoms with Crippen LogP contribution in [0.4, 0.5) is 0 Å². The van der Waals surface area contributed by atoms with E-state index in [0.717, 1.165) is 32.1 Å². The van der Waals surface area contributed by atoms with Crippen LogP contribution in [0.2, 0.25) is 0 Å². The Kier molecular flexibility index (Phi) is 4.10. The third-order valence-corrected chi connectivity index (χ3v) is 5.65. The lowest BCUT2D eigenvalue weighted by molar-refractivity contribution is -0.150. The number of likely N-dealkylation sites (tertiary alicyclic amines) is 2. The van der Waals surface area contributed by atoms with Gasteiger partial charge in [0, 0.05) is 26.1 Å². The summed E-state index contributed by atoms with van der Waals surface area (Å²) < 4.78 is 0. The number of rotatable bonds is 3. The van der Waals surface area contributed by atoms with Gasteiger partial charge in [-0.15, -0.1) is 0 Å². The molecule has 3 fully saturated rings. The van der Waals surface area contributed by atoms with Crippen LogP contribution in [0.1, 0.15) is 44.9 Å². The summed E-state index contributed by atoms with van der Waals surface area (Å²) in [5.74, 6) is -0.728. The molecule has 6 heteroatoms. The summed E-state index contributed by atoms with van der Waals surface area (Å²) in [6.07, 6.45) is 5.89. The van der Waals surface area contributed by atoms with Crippen LogP contribution < -0.4 is 0 Å². The summed E-state index contributed by atoms with van der Waals surface area (Å²) in [5, 5.41) is 9.57. The summed E-state index contributed by atoms with van der Waals surface area (Å²) in [7, 11) is 0. The third-order valence-electron chi connectivity index (χ3n) is 5.65. The number of amides is 2. The number of carboxylic acids is 1. The Bertz CT molecular complexity index is 493. The van der Waals surface area contributed by atoms with E-state index in [9.17, 15) is 19.5 Å². The minimum Gasteiger partial charge on any atom is -0.481 e. The van der Waals surface area contributed by atoms with Crippen LogP contribution in [-0.4, -0.2) is 58.9 Å². The van der Waals surface area contributed by atoms with Crippen molar-refractivity contribution in [3.8, 4) is 0 Å². The first-order chi connectivity index (χ1) is 10.5. The third kappa shape index (κ3) is 2.59. The zero-order chi connectivity index (χ0) is 15.7. The van der Waals surface area contributed by atoms with Crippen LogP contribution in [0.15, 0.2) is 0 Å². The molecule has 2 atom stereocenters. The second-order valence-electron chi connectivity index (χ2n) is 6.95. The highest BCUT2D eigenvalue weighted by atomic mass is 16.4. The van der Waals surface area contributed by atoms with Gasteiger partial charge in [-0.2, -0.15) is 0 Å². The molecule has 0 unspecified atom stereocenters. The van der Waals surface area contributed by atoms with Gasteiger partial charge >= 0.3 is 5.97 Å². The number of aliphatic carboxylic acids is 1. The summed E-state index contributed by atoms with van der Waals surface area (Å²) in [5.41, 5.74) is -0.738. The topological polar surface area (TPSA) is 77.9 Å². The van der Waals surface area contributed by atoms with E-state index in [1.165, 1.54) is 0 Å². The van der Waals surface area contributed by atoms with Crippen LogP contribution in [0.5, 0.6) is 0 Å². The van der Waals surface area contributed by atoms with E-state index in [-0.39, 0.29) is 24.3 Å². The fourth-order valence-electron chi connectivity index (χ4n) is 4.30. The number of fused-ring (bicyclic) bond motifs is 1. The van der Waals surface area contributed by atoms with Crippen LogP contribution in [0, 0.1) is 11.3 Å². The number of carboxylic acid groups (broad SMARTS) is 1. The lowest BCUT2D eigenvalue weighted by Gasteiger charge is -2.26. The van der Waals surface area contributed by atoms with E-state index in [2.05, 4.69) is 0 Å². The molecule has 6 nitrogen and oxygen atoms in total. The van der Waals surface area contributed by atoms with Crippen LogP contribution in [-0.2, 0) is 14.4 Å². The first-order valence-corrected chi connectivity index (χ1v) is 8.32. The average Bonchev–Trinajstić information content (AvgIpc) is 2.96. The molecule has 1 aliphatic carbocycles. The van der Waals surface area contributed by atoms with Gasteiger partial charge in [0.15, 0.2) is 0 Å². The van der Waals surface area contributed by atoms with E-state index in [0.29, 0.717) is 32.5 Å². The van der Waals surface area contributed by atoms with Gasteiger partial charge in [0.2, 0.25) is 11.8 Å². The van der Waals surface area contributed by atoms with Crippen molar-refractivity contribution >= 4 is 17.8 Å². The standard InChI is InChI=1S/C16H24N2O4/c19-13-6-2-1-3-8-17(13)10-14(20)18-9-12-5-4-7-16(12,11-18)15(21)22/h12H,1-11H2,(H,21,22)/t12-,16+/m0/s1. The number of carbonyl (C=O) groups is 3. The second kappa shape index (κ2) is 5.89. The molecule has 0 aromatic rings. The van der Waals surface area contributed by atoms with E-state index in [1.54, 1.807) is 9.80 Å². The van der Waals surface area contributed by atoms with Crippen molar-refractivity contribution in [1.29, 1.82) is 0 Å². The number of hydrogen-bond acceptors (Lipinski definition) is 3. The molecule has 0 radical (unpaired) electrons. The normalized spacial score (nSPS) is 32.0. The number of carbonyl (C=O) groups excluding carboxylic acids is 2. The fraction of sp³-hybridized carbons (Fsp3) is 0.812. The Morgan fingerprint density at radius 1 is 1.23 bits per heavy atom. The van der Waals surface area contributed by atoms with Gasteiger partial charge in [0.05, 0.1) is 12.0 Å². The van der Waals surface area contributed by atoms with Gasteiger partial charge in [-0.25, -0.2) is 0 Å². The van der Waals surface area contributed by atoms with Gasteiger partial charge in [-0.3, -0.25) is 14.4 Å². The van der Waals surface area contributed by atoms with Crippen molar-refractivity contribution in [3.63, 3.8) is 0 Å². The van der Waals surface area contributed by atoms with Crippen molar-refractivity contribution in [3.05, 3.63) is 0 Å². The highest BCUT2D eigenvalue weighted by molar-refractivity contribution is 5.86. The van der Waals surface area contributed by atoms with Crippen LogP contribution in [0.3, 0.4) is 0 Å². The number of nitrogens with zero attached hydrogens (tertiary/aromatic N) is 2. The Labute approximate surface area is 130 Å². The Hall–Kier alpha value is -1.59. The first-order valence-electron chi connectivity index (χ1n) is 8.32. The van der Waals surface area contributed by atoms with Crippen molar-refractivity contribution in [2.45, 2.75) is 44.9 Å². The predicted molar refractivity (Wildman–Crippen MR) is 79.0 cm³/mol. The highest BCUT2D eigenvalue weighted by Crippen LogP contribution is 2.48. The van der Waals surface area contributed by atoms with Gasteiger partial charge in [-0.05, 0) is 31.6 Å². The molecule has 0 spiro atoms. The van der Waals surface area contributed by atoms with Gasteiger partial charge in [0.1, 0.15) is 0 Å². The van der Waals surface area contributed by atoms with E-state index in [1.807, 2.05) is 0 Å². The van der Waals surface area contributed by atoms with Gasteiger partial charge < -0.3 is 14.9 Å². The molecular formula is C16H24N2O4. The minimum atomic E-state index is -0.767. The molecule has 3 rings (SSSR count). The lowest BCUT2D eigenvalue weighted by Crippen LogP contribution is -2.43. The van der Waals surface area contributed by atoms with E-state index >= 15 is 0 Å². The first kappa shape index (κ1) is 15.3. The fourth-order valence-corrected chi connectivity index (χ4v) is 4.30. The molecule has 1 saturated carbocycles. The molecule has 122 valence electrons. The molecule has 2 saturated heterocycles. The molecule has 3 aliphatic rings. The predicted octanol–water partition coefficient (Wildman–Crippen LogP) is 1.10. The Morgan fingerprint density at radius 2 is 2.05 bits per heavy atom. The maximum atomic E-state index is 12.5. The summed E-state index contributed by atoms with van der Waals surface area (Å²) >= 11 is 0. The van der Waals surface area contributed by atoms with E-state index < -0.39 is 11.4 Å². The minimum absolute atomic E-state index is 0.0539. The smallest absolute Gasteiger partial charge is 0.311 e. The van der Waals surface area contributed by atoms with Gasteiger partial charge in [-0.1, -0.05) is 12.8 Å². The second-order valence-corrected chi connectivity index (χ2v) is 6.95. The molecule has 22 heavy (non-hydrogen) atoms. The van der Waals surface area contributed by atoms with Crippen molar-refractivity contribution in [1.82, 2.24) is 9.80 Å². The van der Waals surface area contributed by atoms with Crippen LogP contribution >= 0.6 is 0 Å².